The number of anilines is 1. The number of amides is 1. The first kappa shape index (κ1) is 26.5. The van der Waals surface area contributed by atoms with E-state index in [1.165, 1.54) is 18.2 Å². The minimum Gasteiger partial charge on any atom is -0.329 e. The molecule has 0 saturated carbocycles. The zero-order valence-electron chi connectivity index (χ0n) is 20.8. The van der Waals surface area contributed by atoms with Crippen molar-refractivity contribution in [1.82, 2.24) is 14.5 Å². The van der Waals surface area contributed by atoms with Gasteiger partial charge in [0.05, 0.1) is 21.5 Å². The lowest BCUT2D eigenvalue weighted by Gasteiger charge is -2.53. The molecular formula is C28H26BrClN4O3S. The van der Waals surface area contributed by atoms with E-state index >= 15 is 0 Å². The molecule has 2 heterocycles. The van der Waals surface area contributed by atoms with E-state index < -0.39 is 10.0 Å². The van der Waals surface area contributed by atoms with Crippen LogP contribution in [0.4, 0.5) is 5.69 Å². The zero-order valence-corrected chi connectivity index (χ0v) is 24.0. The van der Waals surface area contributed by atoms with Gasteiger partial charge in [0.2, 0.25) is 0 Å². The molecule has 1 atom stereocenters. The molecule has 1 fully saturated rings. The SMILES string of the molecule is CC1(C)CN(C(=O)c2cc(S(=O)(=O)Nc3ccc(Br)cc3)ccc2Cl)C1c1nccn1Cc1ccccc1. The summed E-state index contributed by atoms with van der Waals surface area (Å²) >= 11 is 9.77. The Labute approximate surface area is 235 Å². The van der Waals surface area contributed by atoms with Gasteiger partial charge in [-0.15, -0.1) is 0 Å². The second-order valence-electron chi connectivity index (χ2n) is 9.98. The number of benzene rings is 3. The van der Waals surface area contributed by atoms with E-state index in [-0.39, 0.29) is 32.8 Å². The topological polar surface area (TPSA) is 84.3 Å². The highest BCUT2D eigenvalue weighted by Crippen LogP contribution is 2.48. The number of likely N-dealkylation sites (tertiary alicyclic amines) is 1. The van der Waals surface area contributed by atoms with Gasteiger partial charge in [0.1, 0.15) is 5.82 Å². The number of hydrogen-bond donors (Lipinski definition) is 1. The third kappa shape index (κ3) is 5.23. The Balaban J connectivity index is 1.43. The molecule has 1 aliphatic rings. The van der Waals surface area contributed by atoms with Gasteiger partial charge in [-0.3, -0.25) is 9.52 Å². The molecule has 0 radical (unpaired) electrons. The smallest absolute Gasteiger partial charge is 0.261 e. The van der Waals surface area contributed by atoms with Crippen LogP contribution in [0.15, 0.2) is 94.6 Å². The van der Waals surface area contributed by atoms with Crippen LogP contribution in [0.25, 0.3) is 0 Å². The number of halogens is 2. The first-order chi connectivity index (χ1) is 18.0. The summed E-state index contributed by atoms with van der Waals surface area (Å²) in [6.45, 7) is 5.29. The molecule has 0 bridgehead atoms. The summed E-state index contributed by atoms with van der Waals surface area (Å²) in [5, 5.41) is 0.189. The maximum Gasteiger partial charge on any atom is 0.261 e. The average Bonchev–Trinajstić information content (AvgIpc) is 3.31. The number of carbonyl (C=O) groups is 1. The van der Waals surface area contributed by atoms with Crippen LogP contribution < -0.4 is 4.72 Å². The highest BCUT2D eigenvalue weighted by Gasteiger charge is 2.51. The standard InChI is InChI=1S/C28H26BrClN4O3S/c1-28(2)18-34(25(28)26-31-14-15-33(26)17-19-6-4-3-5-7-19)27(35)23-16-22(12-13-24(23)30)38(36,37)32-21-10-8-20(29)9-11-21/h3-16,25,32H,17-18H2,1-2H3. The van der Waals surface area contributed by atoms with Crippen LogP contribution >= 0.6 is 27.5 Å². The highest BCUT2D eigenvalue weighted by atomic mass is 79.9. The van der Waals surface area contributed by atoms with E-state index in [0.29, 0.717) is 18.8 Å². The van der Waals surface area contributed by atoms with Crippen molar-refractivity contribution in [2.24, 2.45) is 5.41 Å². The van der Waals surface area contributed by atoms with Crippen molar-refractivity contribution in [1.29, 1.82) is 0 Å². The van der Waals surface area contributed by atoms with Crippen molar-refractivity contribution >= 4 is 49.1 Å². The molecule has 5 rings (SSSR count). The summed E-state index contributed by atoms with van der Waals surface area (Å²) in [5.41, 5.74) is 1.44. The van der Waals surface area contributed by atoms with E-state index in [4.69, 9.17) is 11.6 Å². The fourth-order valence-corrected chi connectivity index (χ4v) is 6.36. The zero-order chi connectivity index (χ0) is 27.1. The molecule has 1 amide bonds. The number of rotatable bonds is 7. The summed E-state index contributed by atoms with van der Waals surface area (Å²) in [6, 6.07) is 20.7. The van der Waals surface area contributed by atoms with E-state index in [1.807, 2.05) is 41.1 Å². The number of nitrogens with zero attached hydrogens (tertiary/aromatic N) is 3. The Morgan fingerprint density at radius 2 is 1.82 bits per heavy atom. The van der Waals surface area contributed by atoms with E-state index in [1.54, 1.807) is 35.4 Å². The lowest BCUT2D eigenvalue weighted by molar-refractivity contribution is -0.0377. The van der Waals surface area contributed by atoms with Crippen LogP contribution in [-0.2, 0) is 16.6 Å². The molecule has 4 aromatic rings. The third-order valence-electron chi connectivity index (χ3n) is 6.65. The Hall–Kier alpha value is -3.14. The maximum atomic E-state index is 13.8. The second kappa shape index (κ2) is 10.2. The Bertz CT molecular complexity index is 1590. The summed E-state index contributed by atoms with van der Waals surface area (Å²) in [5.74, 6) is 0.435. The summed E-state index contributed by atoms with van der Waals surface area (Å²) in [7, 11) is -3.95. The predicted octanol–water partition coefficient (Wildman–Crippen LogP) is 6.37. The minimum atomic E-state index is -3.95. The van der Waals surface area contributed by atoms with Crippen LogP contribution in [-0.4, -0.2) is 35.3 Å². The summed E-state index contributed by atoms with van der Waals surface area (Å²) in [4.78, 5) is 20.1. The number of nitrogens with one attached hydrogen (secondary N) is 1. The Kier molecular flexibility index (Phi) is 7.11. The van der Waals surface area contributed by atoms with Gasteiger partial charge in [-0.1, -0.05) is 71.7 Å². The number of sulfonamides is 1. The summed E-state index contributed by atoms with van der Waals surface area (Å²) < 4.78 is 31.6. The van der Waals surface area contributed by atoms with E-state index in [9.17, 15) is 13.2 Å². The van der Waals surface area contributed by atoms with Gasteiger partial charge in [0.15, 0.2) is 0 Å². The second-order valence-corrected chi connectivity index (χ2v) is 13.0. The van der Waals surface area contributed by atoms with E-state index in [2.05, 4.69) is 39.5 Å². The molecule has 1 aliphatic heterocycles. The molecule has 1 unspecified atom stereocenters. The van der Waals surface area contributed by atoms with Crippen LogP contribution in [0, 0.1) is 5.41 Å². The van der Waals surface area contributed by atoms with E-state index in [0.717, 1.165) is 15.9 Å². The first-order valence-corrected chi connectivity index (χ1v) is 14.6. The third-order valence-corrected chi connectivity index (χ3v) is 8.89. The normalized spacial score (nSPS) is 16.6. The van der Waals surface area contributed by atoms with Gasteiger partial charge in [0.25, 0.3) is 15.9 Å². The van der Waals surface area contributed by atoms with Crippen LogP contribution in [0.1, 0.15) is 41.6 Å². The molecule has 1 aromatic heterocycles. The maximum absolute atomic E-state index is 13.8. The predicted molar refractivity (Wildman–Crippen MR) is 152 cm³/mol. The highest BCUT2D eigenvalue weighted by molar-refractivity contribution is 9.10. The van der Waals surface area contributed by atoms with Crippen molar-refractivity contribution in [3.63, 3.8) is 0 Å². The van der Waals surface area contributed by atoms with Gasteiger partial charge in [-0.2, -0.15) is 0 Å². The van der Waals surface area contributed by atoms with Crippen molar-refractivity contribution in [2.75, 3.05) is 11.3 Å². The van der Waals surface area contributed by atoms with Crippen molar-refractivity contribution < 1.29 is 13.2 Å². The number of hydrogen-bond acceptors (Lipinski definition) is 4. The van der Waals surface area contributed by atoms with Crippen LogP contribution in [0.5, 0.6) is 0 Å². The van der Waals surface area contributed by atoms with Gasteiger partial charge < -0.3 is 9.47 Å². The van der Waals surface area contributed by atoms with Crippen LogP contribution in [0.3, 0.4) is 0 Å². The quantitative estimate of drug-likeness (QED) is 0.263. The van der Waals surface area contributed by atoms with Gasteiger partial charge in [0, 0.05) is 41.1 Å². The van der Waals surface area contributed by atoms with Gasteiger partial charge in [-0.25, -0.2) is 13.4 Å². The number of aromatic nitrogens is 2. The average molecular weight is 614 g/mol. The number of carbonyl (C=O) groups excluding carboxylic acids is 1. The largest absolute Gasteiger partial charge is 0.329 e. The molecule has 1 saturated heterocycles. The van der Waals surface area contributed by atoms with Crippen molar-refractivity contribution in [2.45, 2.75) is 31.3 Å². The minimum absolute atomic E-state index is 0.0462. The molecule has 38 heavy (non-hydrogen) atoms. The van der Waals surface area contributed by atoms with Crippen molar-refractivity contribution in [3.8, 4) is 0 Å². The molecule has 0 spiro atoms. The molecular weight excluding hydrogens is 588 g/mol. The molecule has 3 aromatic carbocycles. The lowest BCUT2D eigenvalue weighted by atomic mass is 9.74. The molecule has 10 heteroatoms. The monoisotopic (exact) mass is 612 g/mol. The van der Waals surface area contributed by atoms with Gasteiger partial charge >= 0.3 is 0 Å². The lowest BCUT2D eigenvalue weighted by Crippen LogP contribution is -2.58. The fraction of sp³-hybridized carbons (Fsp3) is 0.214. The molecule has 1 N–H and O–H groups in total. The van der Waals surface area contributed by atoms with Crippen LogP contribution in [0.2, 0.25) is 5.02 Å². The summed E-state index contributed by atoms with van der Waals surface area (Å²) in [6.07, 6.45) is 3.65. The Morgan fingerprint density at radius 3 is 2.50 bits per heavy atom. The van der Waals surface area contributed by atoms with Crippen molar-refractivity contribution in [3.05, 3.63) is 112 Å². The van der Waals surface area contributed by atoms with Gasteiger partial charge in [-0.05, 0) is 48.0 Å². The Morgan fingerprint density at radius 1 is 1.11 bits per heavy atom. The molecule has 196 valence electrons. The first-order valence-electron chi connectivity index (χ1n) is 12.0. The molecule has 7 nitrogen and oxygen atoms in total. The molecule has 0 aliphatic carbocycles. The number of imidazole rings is 1. The fourth-order valence-electron chi connectivity index (χ4n) is 4.81.